The molecule has 0 spiro atoms. The van der Waals surface area contributed by atoms with Crippen molar-refractivity contribution in [2.24, 2.45) is 0 Å². The molecule has 0 amide bonds. The highest BCUT2D eigenvalue weighted by Gasteiger charge is 2.19. The van der Waals surface area contributed by atoms with Crippen molar-refractivity contribution in [1.82, 2.24) is 4.90 Å². The summed E-state index contributed by atoms with van der Waals surface area (Å²) in [6.07, 6.45) is 2.26. The molecule has 0 saturated carbocycles. The summed E-state index contributed by atoms with van der Waals surface area (Å²) in [5.74, 6) is 0. The van der Waals surface area contributed by atoms with Gasteiger partial charge < -0.3 is 10.2 Å². The maximum atomic E-state index is 8.67. The molecule has 2 N–H and O–H groups in total. The number of rotatable bonds is 4. The zero-order valence-corrected chi connectivity index (χ0v) is 15.0. The molecule has 0 aliphatic carbocycles. The van der Waals surface area contributed by atoms with Crippen LogP contribution in [-0.2, 0) is 0 Å². The van der Waals surface area contributed by atoms with Crippen LogP contribution in [0.5, 0.6) is 0 Å². The van der Waals surface area contributed by atoms with Crippen molar-refractivity contribution >= 4 is 23.0 Å². The fourth-order valence-corrected chi connectivity index (χ4v) is 3.40. The maximum absolute atomic E-state index is 8.67. The average molecular weight is 342 g/mol. The van der Waals surface area contributed by atoms with Gasteiger partial charge in [0.05, 0.1) is 5.71 Å². The Kier molecular flexibility index (Phi) is 5.22. The molecule has 0 aromatic heterocycles. The van der Waals surface area contributed by atoms with E-state index in [1.165, 1.54) is 0 Å². The Hall–Kier alpha value is -1.84. The van der Waals surface area contributed by atoms with E-state index < -0.39 is 0 Å². The van der Waals surface area contributed by atoms with E-state index in [4.69, 9.17) is 17.0 Å². The first-order chi connectivity index (χ1) is 11.5. The summed E-state index contributed by atoms with van der Waals surface area (Å²) in [6.45, 7) is 4.28. The molecule has 0 unspecified atom stereocenters. The molecule has 2 aromatic carbocycles. The molecule has 126 valence electrons. The van der Waals surface area contributed by atoms with E-state index in [1.54, 1.807) is 0 Å². The number of benzene rings is 2. The zero-order valence-electron chi connectivity index (χ0n) is 14.3. The number of likely N-dealkylation sites (tertiary alicyclic amines) is 1. The Morgan fingerprint density at radius 1 is 1.12 bits per heavy atom. The first-order valence-corrected chi connectivity index (χ1v) is 8.82. The molecule has 0 atom stereocenters. The number of halogens is 1. The molecular formula is C20H24ClN3. The first kappa shape index (κ1) is 17.0. The van der Waals surface area contributed by atoms with Crippen LogP contribution in [0.3, 0.4) is 0 Å². The van der Waals surface area contributed by atoms with Gasteiger partial charge >= 0.3 is 0 Å². The standard InChI is InChI=1S/C20H24ClN3/c1-14-7-8-19(23-15-9-11-24(2)12-10-15)17(13-14)20(22)16-5-3-4-6-18(16)21/h3-8,13,15,22-23H,9-12H2,1-2H3. The van der Waals surface area contributed by atoms with Crippen molar-refractivity contribution in [2.75, 3.05) is 25.5 Å². The van der Waals surface area contributed by atoms with E-state index in [9.17, 15) is 0 Å². The predicted molar refractivity (Wildman–Crippen MR) is 103 cm³/mol. The topological polar surface area (TPSA) is 39.1 Å². The van der Waals surface area contributed by atoms with Crippen molar-refractivity contribution in [3.63, 3.8) is 0 Å². The molecular weight excluding hydrogens is 318 g/mol. The highest BCUT2D eigenvalue weighted by molar-refractivity contribution is 6.35. The monoisotopic (exact) mass is 341 g/mol. The van der Waals surface area contributed by atoms with Gasteiger partial charge in [0.1, 0.15) is 0 Å². The van der Waals surface area contributed by atoms with E-state index >= 15 is 0 Å². The molecule has 4 heteroatoms. The van der Waals surface area contributed by atoms with Crippen molar-refractivity contribution in [3.8, 4) is 0 Å². The number of anilines is 1. The van der Waals surface area contributed by atoms with Crippen LogP contribution >= 0.6 is 11.6 Å². The molecule has 1 fully saturated rings. The van der Waals surface area contributed by atoms with E-state index in [1.807, 2.05) is 24.3 Å². The van der Waals surface area contributed by atoms with Crippen LogP contribution in [0, 0.1) is 12.3 Å². The maximum Gasteiger partial charge on any atom is 0.0720 e. The van der Waals surface area contributed by atoms with Crippen LogP contribution in [0.25, 0.3) is 0 Å². The van der Waals surface area contributed by atoms with Crippen LogP contribution in [0.1, 0.15) is 29.5 Å². The third-order valence-electron chi connectivity index (χ3n) is 4.67. The summed E-state index contributed by atoms with van der Waals surface area (Å²) in [5.41, 5.74) is 4.34. The van der Waals surface area contributed by atoms with Crippen molar-refractivity contribution in [2.45, 2.75) is 25.8 Å². The third kappa shape index (κ3) is 3.80. The quantitative estimate of drug-likeness (QED) is 0.799. The second kappa shape index (κ2) is 7.37. The second-order valence-electron chi connectivity index (χ2n) is 6.63. The van der Waals surface area contributed by atoms with Gasteiger partial charge in [-0.2, -0.15) is 0 Å². The number of piperidine rings is 1. The number of nitrogens with zero attached hydrogens (tertiary/aromatic N) is 1. The minimum Gasteiger partial charge on any atom is -0.382 e. The molecule has 1 aliphatic heterocycles. The minimum absolute atomic E-state index is 0.460. The fourth-order valence-electron chi connectivity index (χ4n) is 3.17. The van der Waals surface area contributed by atoms with Gasteiger partial charge in [-0.05, 0) is 58.1 Å². The smallest absolute Gasteiger partial charge is 0.0720 e. The molecule has 1 aliphatic rings. The Bertz CT molecular complexity index is 733. The molecule has 1 heterocycles. The van der Waals surface area contributed by atoms with Crippen molar-refractivity contribution in [3.05, 3.63) is 64.2 Å². The summed E-state index contributed by atoms with van der Waals surface area (Å²) in [6, 6.07) is 14.3. The molecule has 2 aromatic rings. The van der Waals surface area contributed by atoms with Gasteiger partial charge in [-0.3, -0.25) is 5.41 Å². The lowest BCUT2D eigenvalue weighted by molar-refractivity contribution is 0.264. The van der Waals surface area contributed by atoms with Crippen LogP contribution in [0.15, 0.2) is 42.5 Å². The van der Waals surface area contributed by atoms with E-state index in [-0.39, 0.29) is 0 Å². The first-order valence-electron chi connectivity index (χ1n) is 8.44. The number of hydrogen-bond acceptors (Lipinski definition) is 3. The van der Waals surface area contributed by atoms with Gasteiger partial charge in [0.25, 0.3) is 0 Å². The number of nitrogens with one attached hydrogen (secondary N) is 2. The summed E-state index contributed by atoms with van der Waals surface area (Å²) in [5, 5.41) is 12.9. The molecule has 0 radical (unpaired) electrons. The molecule has 1 saturated heterocycles. The number of hydrogen-bond donors (Lipinski definition) is 2. The van der Waals surface area contributed by atoms with Crippen LogP contribution in [0.2, 0.25) is 5.02 Å². The van der Waals surface area contributed by atoms with Gasteiger partial charge in [-0.25, -0.2) is 0 Å². The average Bonchev–Trinajstić information content (AvgIpc) is 2.58. The van der Waals surface area contributed by atoms with Crippen molar-refractivity contribution in [1.29, 1.82) is 5.41 Å². The third-order valence-corrected chi connectivity index (χ3v) is 5.00. The van der Waals surface area contributed by atoms with Crippen LogP contribution in [-0.4, -0.2) is 36.8 Å². The Labute approximate surface area is 149 Å². The van der Waals surface area contributed by atoms with Gasteiger partial charge in [-0.1, -0.05) is 41.4 Å². The fraction of sp³-hybridized carbons (Fsp3) is 0.350. The Morgan fingerprint density at radius 2 is 1.83 bits per heavy atom. The molecule has 0 bridgehead atoms. The predicted octanol–water partition coefficient (Wildman–Crippen LogP) is 4.57. The summed E-state index contributed by atoms with van der Waals surface area (Å²) >= 11 is 6.30. The summed E-state index contributed by atoms with van der Waals surface area (Å²) in [7, 11) is 2.17. The highest BCUT2D eigenvalue weighted by Crippen LogP contribution is 2.26. The van der Waals surface area contributed by atoms with Gasteiger partial charge in [0.15, 0.2) is 0 Å². The second-order valence-corrected chi connectivity index (χ2v) is 7.03. The molecule has 3 rings (SSSR count). The van der Waals surface area contributed by atoms with Crippen LogP contribution < -0.4 is 5.32 Å². The van der Waals surface area contributed by atoms with Crippen LogP contribution in [0.4, 0.5) is 5.69 Å². The zero-order chi connectivity index (χ0) is 17.1. The van der Waals surface area contributed by atoms with Gasteiger partial charge in [-0.15, -0.1) is 0 Å². The summed E-state index contributed by atoms with van der Waals surface area (Å²) in [4.78, 5) is 2.36. The summed E-state index contributed by atoms with van der Waals surface area (Å²) < 4.78 is 0. The molecule has 24 heavy (non-hydrogen) atoms. The van der Waals surface area contributed by atoms with E-state index in [0.717, 1.165) is 48.3 Å². The Balaban J connectivity index is 1.88. The lowest BCUT2D eigenvalue weighted by atomic mass is 9.97. The van der Waals surface area contributed by atoms with Gasteiger partial charge in [0.2, 0.25) is 0 Å². The highest BCUT2D eigenvalue weighted by atomic mass is 35.5. The number of aryl methyl sites for hydroxylation is 1. The van der Waals surface area contributed by atoms with E-state index in [2.05, 4.69) is 42.4 Å². The minimum atomic E-state index is 0.460. The SMILES string of the molecule is Cc1ccc(NC2CCN(C)CC2)c(C(=N)c2ccccc2Cl)c1. The van der Waals surface area contributed by atoms with Crippen molar-refractivity contribution < 1.29 is 0 Å². The normalized spacial score (nSPS) is 16.1. The lowest BCUT2D eigenvalue weighted by Gasteiger charge is -2.31. The van der Waals surface area contributed by atoms with E-state index in [0.29, 0.717) is 16.8 Å². The lowest BCUT2D eigenvalue weighted by Crippen LogP contribution is -2.37. The van der Waals surface area contributed by atoms with Gasteiger partial charge in [0, 0.05) is 27.9 Å². The molecule has 3 nitrogen and oxygen atoms in total. The largest absolute Gasteiger partial charge is 0.382 e. The Morgan fingerprint density at radius 3 is 2.54 bits per heavy atom.